The molecule has 1 amide bonds. The first kappa shape index (κ1) is 20.8. The normalized spacial score (nSPS) is 10.7. The SMILES string of the molecule is Cc1ccccc1-c1c(C#N)c(NC(=O)c2ccccc2)nc2c1c(=O)n(C)c(=O)n2C. The van der Waals surface area contributed by atoms with Crippen LogP contribution in [0, 0.1) is 18.3 Å². The lowest BCUT2D eigenvalue weighted by atomic mass is 9.94. The predicted molar refractivity (Wildman–Crippen MR) is 122 cm³/mol. The van der Waals surface area contributed by atoms with E-state index in [0.29, 0.717) is 16.7 Å². The molecule has 0 saturated carbocycles. The minimum absolute atomic E-state index is 0.0182. The van der Waals surface area contributed by atoms with Gasteiger partial charge >= 0.3 is 5.69 Å². The van der Waals surface area contributed by atoms with Crippen LogP contribution in [-0.2, 0) is 14.1 Å². The van der Waals surface area contributed by atoms with Crippen LogP contribution in [0.2, 0.25) is 0 Å². The Labute approximate surface area is 183 Å². The van der Waals surface area contributed by atoms with Crippen molar-refractivity contribution >= 4 is 22.8 Å². The van der Waals surface area contributed by atoms with Crippen LogP contribution >= 0.6 is 0 Å². The fraction of sp³-hybridized carbons (Fsp3) is 0.125. The number of nitrogens with one attached hydrogen (secondary N) is 1. The van der Waals surface area contributed by atoms with Gasteiger partial charge in [0.15, 0.2) is 11.5 Å². The van der Waals surface area contributed by atoms with Crippen molar-refractivity contribution in [2.75, 3.05) is 5.32 Å². The molecule has 4 aromatic rings. The highest BCUT2D eigenvalue weighted by Gasteiger charge is 2.24. The minimum atomic E-state index is -0.564. The number of nitrogens with zero attached hydrogens (tertiary/aromatic N) is 4. The van der Waals surface area contributed by atoms with Crippen LogP contribution in [0.15, 0.2) is 64.2 Å². The molecule has 0 spiro atoms. The number of nitriles is 1. The lowest BCUT2D eigenvalue weighted by Crippen LogP contribution is -2.37. The van der Waals surface area contributed by atoms with Crippen LogP contribution < -0.4 is 16.6 Å². The standard InChI is InChI=1S/C24H19N5O3/c1-14-9-7-8-12-16(14)18-17(13-25)20(27-22(30)15-10-5-4-6-11-15)26-21-19(18)23(31)29(3)24(32)28(21)2/h4-12H,1-3H3,(H,26,27,30). The van der Waals surface area contributed by atoms with E-state index in [1.165, 1.54) is 18.7 Å². The molecule has 2 heterocycles. The van der Waals surface area contributed by atoms with Crippen molar-refractivity contribution in [2.24, 2.45) is 14.1 Å². The molecule has 0 atom stereocenters. The summed E-state index contributed by atoms with van der Waals surface area (Å²) >= 11 is 0. The molecule has 0 aliphatic carbocycles. The number of rotatable bonds is 3. The quantitative estimate of drug-likeness (QED) is 0.543. The second kappa shape index (κ2) is 7.96. The number of aromatic nitrogens is 3. The fourth-order valence-corrected chi connectivity index (χ4v) is 3.68. The van der Waals surface area contributed by atoms with Crippen LogP contribution in [0.1, 0.15) is 21.5 Å². The number of anilines is 1. The van der Waals surface area contributed by atoms with Gasteiger partial charge in [-0.05, 0) is 30.2 Å². The summed E-state index contributed by atoms with van der Waals surface area (Å²) in [5.41, 5.74) is 1.19. The van der Waals surface area contributed by atoms with Crippen molar-refractivity contribution in [1.29, 1.82) is 5.26 Å². The smallest absolute Gasteiger partial charge is 0.305 e. The van der Waals surface area contributed by atoms with E-state index in [0.717, 1.165) is 10.1 Å². The first-order valence-electron chi connectivity index (χ1n) is 9.81. The van der Waals surface area contributed by atoms with Crippen LogP contribution in [0.25, 0.3) is 22.2 Å². The van der Waals surface area contributed by atoms with E-state index < -0.39 is 17.2 Å². The molecule has 0 fully saturated rings. The maximum absolute atomic E-state index is 13.1. The van der Waals surface area contributed by atoms with E-state index in [-0.39, 0.29) is 22.4 Å². The van der Waals surface area contributed by atoms with Gasteiger partial charge in [-0.15, -0.1) is 0 Å². The van der Waals surface area contributed by atoms with Crippen LogP contribution in [0.3, 0.4) is 0 Å². The minimum Gasteiger partial charge on any atom is -0.305 e. The number of carbonyl (C=O) groups is 1. The molecule has 8 heteroatoms. The summed E-state index contributed by atoms with van der Waals surface area (Å²) < 4.78 is 2.22. The fourth-order valence-electron chi connectivity index (χ4n) is 3.68. The van der Waals surface area contributed by atoms with Crippen molar-refractivity contribution in [3.8, 4) is 17.2 Å². The summed E-state index contributed by atoms with van der Waals surface area (Å²) in [5, 5.41) is 12.9. The molecule has 0 aliphatic rings. The van der Waals surface area contributed by atoms with Crippen LogP contribution in [0.4, 0.5) is 5.82 Å². The van der Waals surface area contributed by atoms with E-state index in [1.54, 1.807) is 42.5 Å². The molecule has 2 aromatic carbocycles. The lowest BCUT2D eigenvalue weighted by Gasteiger charge is -2.17. The van der Waals surface area contributed by atoms with Gasteiger partial charge in [-0.25, -0.2) is 9.78 Å². The third-order valence-electron chi connectivity index (χ3n) is 5.38. The summed E-state index contributed by atoms with van der Waals surface area (Å²) in [6, 6.07) is 17.9. The van der Waals surface area contributed by atoms with E-state index in [1.807, 2.05) is 19.1 Å². The zero-order valence-electron chi connectivity index (χ0n) is 17.7. The number of aryl methyl sites for hydroxylation is 2. The van der Waals surface area contributed by atoms with Crippen LogP contribution in [-0.4, -0.2) is 20.0 Å². The van der Waals surface area contributed by atoms with Gasteiger partial charge in [0.2, 0.25) is 0 Å². The van der Waals surface area contributed by atoms with Gasteiger partial charge in [0.25, 0.3) is 11.5 Å². The topological polar surface area (TPSA) is 110 Å². The van der Waals surface area contributed by atoms with Gasteiger partial charge < -0.3 is 5.32 Å². The van der Waals surface area contributed by atoms with Gasteiger partial charge in [-0.1, -0.05) is 42.5 Å². The first-order valence-corrected chi connectivity index (χ1v) is 9.81. The van der Waals surface area contributed by atoms with Crippen molar-refractivity contribution in [1.82, 2.24) is 14.1 Å². The van der Waals surface area contributed by atoms with Gasteiger partial charge in [-0.3, -0.25) is 18.7 Å². The van der Waals surface area contributed by atoms with E-state index in [9.17, 15) is 19.6 Å². The van der Waals surface area contributed by atoms with Crippen LogP contribution in [0.5, 0.6) is 0 Å². The van der Waals surface area contributed by atoms with E-state index in [4.69, 9.17) is 0 Å². The third-order valence-corrected chi connectivity index (χ3v) is 5.38. The third kappa shape index (κ3) is 3.26. The Hall–Kier alpha value is -4.51. The maximum atomic E-state index is 13.1. The second-order valence-electron chi connectivity index (χ2n) is 7.36. The number of fused-ring (bicyclic) bond motifs is 1. The Bertz CT molecular complexity index is 1540. The van der Waals surface area contributed by atoms with Gasteiger partial charge in [0, 0.05) is 25.2 Å². The molecule has 0 unspecified atom stereocenters. The summed E-state index contributed by atoms with van der Waals surface area (Å²) in [4.78, 5) is 42.9. The molecule has 0 aliphatic heterocycles. The molecule has 8 nitrogen and oxygen atoms in total. The zero-order valence-corrected chi connectivity index (χ0v) is 17.7. The Morgan fingerprint density at radius 1 is 1.00 bits per heavy atom. The largest absolute Gasteiger partial charge is 0.332 e. The average molecular weight is 425 g/mol. The monoisotopic (exact) mass is 425 g/mol. The second-order valence-corrected chi connectivity index (χ2v) is 7.36. The average Bonchev–Trinajstić information content (AvgIpc) is 2.81. The number of pyridine rings is 1. The Morgan fingerprint density at radius 3 is 2.31 bits per heavy atom. The number of amides is 1. The molecule has 4 rings (SSSR count). The molecule has 0 radical (unpaired) electrons. The van der Waals surface area contributed by atoms with E-state index >= 15 is 0 Å². The van der Waals surface area contributed by atoms with Crippen molar-refractivity contribution < 1.29 is 4.79 Å². The van der Waals surface area contributed by atoms with Gasteiger partial charge in [0.1, 0.15) is 11.6 Å². The highest BCUT2D eigenvalue weighted by atomic mass is 16.2. The molecule has 32 heavy (non-hydrogen) atoms. The molecular formula is C24H19N5O3. The summed E-state index contributed by atoms with van der Waals surface area (Å²) in [6.07, 6.45) is 0. The Kier molecular flexibility index (Phi) is 5.16. The molecule has 1 N–H and O–H groups in total. The highest BCUT2D eigenvalue weighted by molar-refractivity contribution is 6.07. The molecule has 158 valence electrons. The van der Waals surface area contributed by atoms with Crippen molar-refractivity contribution in [3.05, 3.63) is 92.1 Å². The summed E-state index contributed by atoms with van der Waals surface area (Å²) in [5.74, 6) is -0.478. The zero-order chi connectivity index (χ0) is 23.0. The molecule has 0 bridgehead atoms. The number of benzene rings is 2. The van der Waals surface area contributed by atoms with Crippen molar-refractivity contribution in [3.63, 3.8) is 0 Å². The van der Waals surface area contributed by atoms with Gasteiger partial charge in [-0.2, -0.15) is 5.26 Å². The number of carbonyl (C=O) groups excluding carboxylic acids is 1. The molecule has 0 saturated heterocycles. The molecular weight excluding hydrogens is 406 g/mol. The maximum Gasteiger partial charge on any atom is 0.332 e. The van der Waals surface area contributed by atoms with Gasteiger partial charge in [0.05, 0.1) is 5.39 Å². The Balaban J connectivity index is 2.12. The first-order chi connectivity index (χ1) is 15.3. The number of hydrogen-bond acceptors (Lipinski definition) is 5. The predicted octanol–water partition coefficient (Wildman–Crippen LogP) is 2.73. The summed E-state index contributed by atoms with van der Waals surface area (Å²) in [7, 11) is 2.87. The van der Waals surface area contributed by atoms with Crippen molar-refractivity contribution in [2.45, 2.75) is 6.92 Å². The highest BCUT2D eigenvalue weighted by Crippen LogP contribution is 2.34. The lowest BCUT2D eigenvalue weighted by molar-refractivity contribution is 0.102. The Morgan fingerprint density at radius 2 is 1.66 bits per heavy atom. The summed E-state index contributed by atoms with van der Waals surface area (Å²) in [6.45, 7) is 1.86. The van der Waals surface area contributed by atoms with E-state index in [2.05, 4.69) is 16.4 Å². The molecule has 2 aromatic heterocycles. The number of hydrogen-bond donors (Lipinski definition) is 1.